The molecule has 0 radical (unpaired) electrons. The highest BCUT2D eigenvalue weighted by molar-refractivity contribution is 5.95. The van der Waals surface area contributed by atoms with Crippen LogP contribution in [0.5, 0.6) is 0 Å². The summed E-state index contributed by atoms with van der Waals surface area (Å²) in [6, 6.07) is 7.10. The van der Waals surface area contributed by atoms with Crippen molar-refractivity contribution in [1.82, 2.24) is 0 Å². The van der Waals surface area contributed by atoms with Crippen LogP contribution in [-0.2, 0) is 0 Å². The summed E-state index contributed by atoms with van der Waals surface area (Å²) in [6.07, 6.45) is -0.579. The smallest absolute Gasteiger partial charge is 0.160 e. The Hall–Kier alpha value is -1.15. The molecule has 0 spiro atoms. The number of aliphatic hydroxyl groups is 1. The molecule has 0 aliphatic rings. The average Bonchev–Trinajstić information content (AvgIpc) is 2.04. The lowest BCUT2D eigenvalue weighted by Crippen LogP contribution is -2.01. The van der Waals surface area contributed by atoms with E-state index >= 15 is 0 Å². The molecule has 1 aromatic carbocycles. The minimum absolute atomic E-state index is 0.00787. The molecule has 1 rings (SSSR count). The van der Waals surface area contributed by atoms with Gasteiger partial charge in [0.15, 0.2) is 5.78 Å². The summed E-state index contributed by atoms with van der Waals surface area (Å²) in [4.78, 5) is 11.1. The fourth-order valence-corrected chi connectivity index (χ4v) is 1.18. The lowest BCUT2D eigenvalue weighted by atomic mass is 10.0. The van der Waals surface area contributed by atoms with Crippen LogP contribution in [0, 0.1) is 0 Å². The Labute approximate surface area is 71.8 Å². The molecule has 0 amide bonds. The Morgan fingerprint density at radius 2 is 2.00 bits per heavy atom. The van der Waals surface area contributed by atoms with E-state index in [9.17, 15) is 9.90 Å². The summed E-state index contributed by atoms with van der Waals surface area (Å²) < 4.78 is 0. The van der Waals surface area contributed by atoms with Gasteiger partial charge >= 0.3 is 0 Å². The van der Waals surface area contributed by atoms with Crippen molar-refractivity contribution in [3.63, 3.8) is 0 Å². The summed E-state index contributed by atoms with van der Waals surface area (Å²) in [6.45, 7) is 3.16. The first-order valence-electron chi connectivity index (χ1n) is 3.91. The topological polar surface area (TPSA) is 37.3 Å². The Kier molecular flexibility index (Phi) is 2.61. The van der Waals surface area contributed by atoms with Crippen LogP contribution in [0.1, 0.15) is 35.9 Å². The van der Waals surface area contributed by atoms with Gasteiger partial charge in [0.1, 0.15) is 0 Å². The molecule has 0 saturated carbocycles. The standard InChI is InChI=1S/C10H12O2/c1-7(11)9-5-3-4-6-10(9)8(2)12/h3-7,11H,1-2H3/t7-/m0/s1. The Morgan fingerprint density at radius 1 is 1.42 bits per heavy atom. The highest BCUT2D eigenvalue weighted by atomic mass is 16.3. The predicted molar refractivity (Wildman–Crippen MR) is 47.1 cm³/mol. The molecule has 1 N–H and O–H groups in total. The molecule has 0 aromatic heterocycles. The molecule has 1 atom stereocenters. The van der Waals surface area contributed by atoms with E-state index in [1.165, 1.54) is 6.92 Å². The maximum Gasteiger partial charge on any atom is 0.160 e. The van der Waals surface area contributed by atoms with Gasteiger partial charge in [0.2, 0.25) is 0 Å². The number of hydrogen-bond donors (Lipinski definition) is 1. The summed E-state index contributed by atoms with van der Waals surface area (Å²) in [5.41, 5.74) is 1.30. The summed E-state index contributed by atoms with van der Waals surface area (Å²) in [5.74, 6) is -0.00787. The molecule has 0 heterocycles. The number of aliphatic hydroxyl groups excluding tert-OH is 1. The van der Waals surface area contributed by atoms with Gasteiger partial charge in [-0.25, -0.2) is 0 Å². The minimum Gasteiger partial charge on any atom is -0.389 e. The Balaban J connectivity index is 3.17. The fourth-order valence-electron chi connectivity index (χ4n) is 1.18. The van der Waals surface area contributed by atoms with Crippen LogP contribution in [0.25, 0.3) is 0 Å². The first-order valence-corrected chi connectivity index (χ1v) is 3.91. The van der Waals surface area contributed by atoms with E-state index in [0.717, 1.165) is 0 Å². The normalized spacial score (nSPS) is 12.6. The molecule has 0 fully saturated rings. The van der Waals surface area contributed by atoms with Crippen LogP contribution in [0.4, 0.5) is 0 Å². The largest absolute Gasteiger partial charge is 0.389 e. The van der Waals surface area contributed by atoms with Crippen molar-refractivity contribution in [2.45, 2.75) is 20.0 Å². The molecular formula is C10H12O2. The maximum atomic E-state index is 11.1. The number of Topliss-reactive ketones (excluding diaryl/α,β-unsaturated/α-hetero) is 1. The van der Waals surface area contributed by atoms with Crippen molar-refractivity contribution in [2.24, 2.45) is 0 Å². The SMILES string of the molecule is CC(=O)c1ccccc1[C@H](C)O. The number of ketones is 1. The van der Waals surface area contributed by atoms with Crippen molar-refractivity contribution in [3.05, 3.63) is 35.4 Å². The molecule has 0 unspecified atom stereocenters. The van der Waals surface area contributed by atoms with Gasteiger partial charge in [-0.2, -0.15) is 0 Å². The third kappa shape index (κ3) is 1.71. The van der Waals surface area contributed by atoms with Crippen molar-refractivity contribution in [1.29, 1.82) is 0 Å². The highest BCUT2D eigenvalue weighted by Crippen LogP contribution is 2.17. The maximum absolute atomic E-state index is 11.1. The number of carbonyl (C=O) groups excluding carboxylic acids is 1. The first kappa shape index (κ1) is 8.94. The molecule has 64 valence electrons. The van der Waals surface area contributed by atoms with Gasteiger partial charge in [-0.05, 0) is 19.4 Å². The Morgan fingerprint density at radius 3 is 2.42 bits per heavy atom. The predicted octanol–water partition coefficient (Wildman–Crippen LogP) is 1.94. The van der Waals surface area contributed by atoms with Gasteiger partial charge in [-0.1, -0.05) is 24.3 Å². The van der Waals surface area contributed by atoms with Crippen LogP contribution in [0.15, 0.2) is 24.3 Å². The summed E-state index contributed by atoms with van der Waals surface area (Å²) in [7, 11) is 0. The number of carbonyl (C=O) groups is 1. The number of hydrogen-bond acceptors (Lipinski definition) is 2. The molecule has 0 bridgehead atoms. The number of rotatable bonds is 2. The second-order valence-electron chi connectivity index (χ2n) is 2.82. The Bertz CT molecular complexity index is 290. The summed E-state index contributed by atoms with van der Waals surface area (Å²) in [5, 5.41) is 9.30. The second kappa shape index (κ2) is 3.50. The van der Waals surface area contributed by atoms with Crippen LogP contribution in [0.2, 0.25) is 0 Å². The van der Waals surface area contributed by atoms with E-state index in [-0.39, 0.29) is 5.78 Å². The van der Waals surface area contributed by atoms with Crippen molar-refractivity contribution in [3.8, 4) is 0 Å². The van der Waals surface area contributed by atoms with Gasteiger partial charge in [0, 0.05) is 5.56 Å². The average molecular weight is 164 g/mol. The van der Waals surface area contributed by atoms with E-state index in [4.69, 9.17) is 0 Å². The van der Waals surface area contributed by atoms with Gasteiger partial charge < -0.3 is 5.11 Å². The zero-order chi connectivity index (χ0) is 9.14. The number of benzene rings is 1. The third-order valence-electron chi connectivity index (χ3n) is 1.79. The quantitative estimate of drug-likeness (QED) is 0.678. The fraction of sp³-hybridized carbons (Fsp3) is 0.300. The van der Waals surface area contributed by atoms with E-state index in [0.29, 0.717) is 11.1 Å². The molecule has 2 nitrogen and oxygen atoms in total. The second-order valence-corrected chi connectivity index (χ2v) is 2.82. The van der Waals surface area contributed by atoms with Crippen molar-refractivity contribution >= 4 is 5.78 Å². The zero-order valence-electron chi connectivity index (χ0n) is 7.24. The van der Waals surface area contributed by atoms with E-state index < -0.39 is 6.10 Å². The zero-order valence-corrected chi connectivity index (χ0v) is 7.24. The molecule has 0 aliphatic heterocycles. The van der Waals surface area contributed by atoms with Gasteiger partial charge in [-0.3, -0.25) is 4.79 Å². The lowest BCUT2D eigenvalue weighted by Gasteiger charge is -2.08. The minimum atomic E-state index is -0.579. The van der Waals surface area contributed by atoms with Crippen LogP contribution in [0.3, 0.4) is 0 Å². The molecule has 1 aromatic rings. The summed E-state index contributed by atoms with van der Waals surface area (Å²) >= 11 is 0. The van der Waals surface area contributed by atoms with Crippen LogP contribution in [-0.4, -0.2) is 10.9 Å². The van der Waals surface area contributed by atoms with E-state index in [1.807, 2.05) is 6.07 Å². The van der Waals surface area contributed by atoms with Crippen LogP contribution >= 0.6 is 0 Å². The van der Waals surface area contributed by atoms with Crippen LogP contribution < -0.4 is 0 Å². The molecular weight excluding hydrogens is 152 g/mol. The van der Waals surface area contributed by atoms with Gasteiger partial charge in [-0.15, -0.1) is 0 Å². The lowest BCUT2D eigenvalue weighted by molar-refractivity contribution is 0.101. The molecule has 0 saturated heterocycles. The third-order valence-corrected chi connectivity index (χ3v) is 1.79. The van der Waals surface area contributed by atoms with E-state index in [2.05, 4.69) is 0 Å². The van der Waals surface area contributed by atoms with Gasteiger partial charge in [0.05, 0.1) is 6.10 Å². The highest BCUT2D eigenvalue weighted by Gasteiger charge is 2.09. The van der Waals surface area contributed by atoms with E-state index in [1.54, 1.807) is 25.1 Å². The molecule has 12 heavy (non-hydrogen) atoms. The monoisotopic (exact) mass is 164 g/mol. The first-order chi connectivity index (χ1) is 5.63. The van der Waals surface area contributed by atoms with Gasteiger partial charge in [0.25, 0.3) is 0 Å². The van der Waals surface area contributed by atoms with Crippen molar-refractivity contribution < 1.29 is 9.90 Å². The van der Waals surface area contributed by atoms with Crippen molar-refractivity contribution in [2.75, 3.05) is 0 Å². The molecule has 2 heteroatoms. The molecule has 0 aliphatic carbocycles.